The molecular weight excluding hydrogens is 330 g/mol. The van der Waals surface area contributed by atoms with E-state index in [0.29, 0.717) is 26.2 Å². The number of amides is 2. The van der Waals surface area contributed by atoms with Crippen LogP contribution < -0.4 is 10.2 Å². The second kappa shape index (κ2) is 7.91. The van der Waals surface area contributed by atoms with Crippen LogP contribution in [0, 0.1) is 0 Å². The van der Waals surface area contributed by atoms with Crippen LogP contribution in [-0.4, -0.2) is 48.0 Å². The first-order chi connectivity index (χ1) is 12.5. The molecule has 26 heavy (non-hydrogen) atoms. The van der Waals surface area contributed by atoms with Crippen molar-refractivity contribution in [1.29, 1.82) is 0 Å². The van der Waals surface area contributed by atoms with Crippen molar-refractivity contribution >= 4 is 17.5 Å². The van der Waals surface area contributed by atoms with Crippen molar-refractivity contribution in [2.45, 2.75) is 13.0 Å². The number of hydrogen-bond acceptors (Lipinski definition) is 4. The van der Waals surface area contributed by atoms with E-state index in [0.717, 1.165) is 11.3 Å². The third kappa shape index (κ3) is 4.14. The zero-order valence-electron chi connectivity index (χ0n) is 14.8. The molecule has 0 bridgehead atoms. The van der Waals surface area contributed by atoms with Crippen LogP contribution in [-0.2, 0) is 9.59 Å². The Balaban J connectivity index is 1.67. The maximum absolute atomic E-state index is 13.0. The molecule has 1 heterocycles. The highest BCUT2D eigenvalue weighted by Crippen LogP contribution is 2.22. The van der Waals surface area contributed by atoms with Gasteiger partial charge in [0.2, 0.25) is 11.8 Å². The predicted octanol–water partition coefficient (Wildman–Crippen LogP) is 1.92. The lowest BCUT2D eigenvalue weighted by Gasteiger charge is -2.37. The van der Waals surface area contributed by atoms with E-state index in [1.165, 1.54) is 6.92 Å². The van der Waals surface area contributed by atoms with Crippen molar-refractivity contribution < 1.29 is 14.7 Å². The molecule has 2 N–H and O–H groups in total. The van der Waals surface area contributed by atoms with Gasteiger partial charge < -0.3 is 20.2 Å². The fraction of sp³-hybridized carbons (Fsp3) is 0.300. The van der Waals surface area contributed by atoms with Crippen molar-refractivity contribution in [1.82, 2.24) is 10.2 Å². The zero-order valence-corrected chi connectivity index (χ0v) is 14.8. The Morgan fingerprint density at radius 1 is 0.962 bits per heavy atom. The Bertz CT molecular complexity index is 754. The normalized spacial score (nSPS) is 15.4. The van der Waals surface area contributed by atoms with E-state index >= 15 is 0 Å². The van der Waals surface area contributed by atoms with E-state index in [2.05, 4.69) is 10.2 Å². The quantitative estimate of drug-likeness (QED) is 0.881. The second-order valence-electron chi connectivity index (χ2n) is 6.37. The lowest BCUT2D eigenvalue weighted by Crippen LogP contribution is -2.52. The number of nitrogens with zero attached hydrogens (tertiary/aromatic N) is 2. The first kappa shape index (κ1) is 17.8. The van der Waals surface area contributed by atoms with Crippen molar-refractivity contribution in [2.24, 2.45) is 0 Å². The van der Waals surface area contributed by atoms with E-state index < -0.39 is 6.04 Å². The fourth-order valence-corrected chi connectivity index (χ4v) is 3.17. The highest BCUT2D eigenvalue weighted by Gasteiger charge is 2.29. The van der Waals surface area contributed by atoms with E-state index in [4.69, 9.17) is 0 Å². The summed E-state index contributed by atoms with van der Waals surface area (Å²) in [6.45, 7) is 4.01. The van der Waals surface area contributed by atoms with E-state index in [1.54, 1.807) is 17.0 Å². The average Bonchev–Trinajstić information content (AvgIpc) is 2.67. The maximum Gasteiger partial charge on any atom is 0.249 e. The highest BCUT2D eigenvalue weighted by atomic mass is 16.3. The molecule has 0 saturated carbocycles. The minimum atomic E-state index is -0.658. The largest absolute Gasteiger partial charge is 0.508 e. The Morgan fingerprint density at radius 2 is 1.58 bits per heavy atom. The summed E-state index contributed by atoms with van der Waals surface area (Å²) in [5, 5.41) is 12.2. The van der Waals surface area contributed by atoms with Crippen LogP contribution >= 0.6 is 0 Å². The average molecular weight is 353 g/mol. The standard InChI is InChI=1S/C20H23N3O3/c1-15(24)21-19(16-5-3-2-4-6-16)20(26)23-13-11-22(12-14-23)17-7-9-18(25)10-8-17/h2-10,19,25H,11-14H2,1H3,(H,21,24)/t19-/m1/s1. The zero-order chi connectivity index (χ0) is 18.5. The van der Waals surface area contributed by atoms with Gasteiger partial charge in [-0.05, 0) is 29.8 Å². The molecule has 136 valence electrons. The van der Waals surface area contributed by atoms with Gasteiger partial charge in [0.1, 0.15) is 11.8 Å². The topological polar surface area (TPSA) is 72.9 Å². The molecule has 3 rings (SSSR count). The molecule has 2 aromatic rings. The van der Waals surface area contributed by atoms with Crippen molar-refractivity contribution in [2.75, 3.05) is 31.1 Å². The van der Waals surface area contributed by atoms with Crippen LogP contribution in [0.2, 0.25) is 0 Å². The highest BCUT2D eigenvalue weighted by molar-refractivity contribution is 5.88. The minimum Gasteiger partial charge on any atom is -0.508 e. The number of rotatable bonds is 4. The number of hydrogen-bond donors (Lipinski definition) is 2. The van der Waals surface area contributed by atoms with Crippen LogP contribution in [0.4, 0.5) is 5.69 Å². The number of phenols is 1. The number of piperazine rings is 1. The Kier molecular flexibility index (Phi) is 5.41. The van der Waals surface area contributed by atoms with E-state index in [9.17, 15) is 14.7 Å². The Hall–Kier alpha value is -3.02. The van der Waals surface area contributed by atoms with Gasteiger partial charge in [-0.25, -0.2) is 0 Å². The first-order valence-electron chi connectivity index (χ1n) is 8.69. The summed E-state index contributed by atoms with van der Waals surface area (Å²) in [6, 6.07) is 15.7. The number of carbonyl (C=O) groups excluding carboxylic acids is 2. The SMILES string of the molecule is CC(=O)N[C@@H](C(=O)N1CCN(c2ccc(O)cc2)CC1)c1ccccc1. The molecule has 6 heteroatoms. The van der Waals surface area contributed by atoms with Gasteiger partial charge >= 0.3 is 0 Å². The molecule has 1 atom stereocenters. The summed E-state index contributed by atoms with van der Waals surface area (Å²) in [5.74, 6) is -0.0738. The van der Waals surface area contributed by atoms with Gasteiger partial charge in [0.15, 0.2) is 0 Å². The number of carbonyl (C=O) groups is 2. The molecular formula is C20H23N3O3. The van der Waals surface area contributed by atoms with Gasteiger partial charge in [-0.15, -0.1) is 0 Å². The molecule has 0 radical (unpaired) electrons. The number of anilines is 1. The molecule has 6 nitrogen and oxygen atoms in total. The van der Waals surface area contributed by atoms with Crippen LogP contribution in [0.5, 0.6) is 5.75 Å². The molecule has 0 spiro atoms. The molecule has 1 fully saturated rings. The van der Waals surface area contributed by atoms with Crippen molar-refractivity contribution in [3.05, 3.63) is 60.2 Å². The smallest absolute Gasteiger partial charge is 0.249 e. The predicted molar refractivity (Wildman–Crippen MR) is 99.9 cm³/mol. The Labute approximate surface area is 153 Å². The van der Waals surface area contributed by atoms with Crippen LogP contribution in [0.25, 0.3) is 0 Å². The number of aromatic hydroxyl groups is 1. The molecule has 0 aliphatic carbocycles. The van der Waals surface area contributed by atoms with Gasteiger partial charge in [0.05, 0.1) is 0 Å². The van der Waals surface area contributed by atoms with Crippen LogP contribution in [0.1, 0.15) is 18.5 Å². The molecule has 2 amide bonds. The molecule has 1 aliphatic rings. The third-order valence-corrected chi connectivity index (χ3v) is 4.53. The second-order valence-corrected chi connectivity index (χ2v) is 6.37. The summed E-state index contributed by atoms with van der Waals surface area (Å²) in [7, 11) is 0. The van der Waals surface area contributed by atoms with Crippen LogP contribution in [0.15, 0.2) is 54.6 Å². The molecule has 0 unspecified atom stereocenters. The van der Waals surface area contributed by atoms with Gasteiger partial charge in [-0.3, -0.25) is 9.59 Å². The summed E-state index contributed by atoms with van der Waals surface area (Å²) >= 11 is 0. The Morgan fingerprint density at radius 3 is 2.15 bits per heavy atom. The van der Waals surface area contributed by atoms with Gasteiger partial charge in [-0.1, -0.05) is 30.3 Å². The summed E-state index contributed by atoms with van der Waals surface area (Å²) < 4.78 is 0. The van der Waals surface area contributed by atoms with E-state index in [1.807, 2.05) is 42.5 Å². The summed E-state index contributed by atoms with van der Waals surface area (Å²) in [6.07, 6.45) is 0. The molecule has 1 aliphatic heterocycles. The van der Waals surface area contributed by atoms with E-state index in [-0.39, 0.29) is 17.6 Å². The number of benzene rings is 2. The third-order valence-electron chi connectivity index (χ3n) is 4.53. The summed E-state index contributed by atoms with van der Waals surface area (Å²) in [4.78, 5) is 28.5. The number of phenolic OH excluding ortho intramolecular Hbond substituents is 1. The monoisotopic (exact) mass is 353 g/mol. The van der Waals surface area contributed by atoms with Crippen molar-refractivity contribution in [3.63, 3.8) is 0 Å². The van der Waals surface area contributed by atoms with Gasteiger partial charge in [-0.2, -0.15) is 0 Å². The first-order valence-corrected chi connectivity index (χ1v) is 8.69. The van der Waals surface area contributed by atoms with Crippen LogP contribution in [0.3, 0.4) is 0 Å². The summed E-state index contributed by atoms with van der Waals surface area (Å²) in [5.41, 5.74) is 1.81. The molecule has 0 aromatic heterocycles. The lowest BCUT2D eigenvalue weighted by atomic mass is 10.0. The van der Waals surface area contributed by atoms with Gasteiger partial charge in [0.25, 0.3) is 0 Å². The molecule has 2 aromatic carbocycles. The van der Waals surface area contributed by atoms with Crippen molar-refractivity contribution in [3.8, 4) is 5.75 Å². The fourth-order valence-electron chi connectivity index (χ4n) is 3.17. The maximum atomic E-state index is 13.0. The lowest BCUT2D eigenvalue weighted by molar-refractivity contribution is -0.136. The number of nitrogens with one attached hydrogen (secondary N) is 1. The molecule has 1 saturated heterocycles. The minimum absolute atomic E-state index is 0.0863. The van der Waals surface area contributed by atoms with Gasteiger partial charge in [0, 0.05) is 38.8 Å².